The van der Waals surface area contributed by atoms with Crippen molar-refractivity contribution in [3.8, 4) is 0 Å². The first-order chi connectivity index (χ1) is 13.3. The van der Waals surface area contributed by atoms with E-state index in [1.54, 1.807) is 13.0 Å². The van der Waals surface area contributed by atoms with Gasteiger partial charge < -0.3 is 5.32 Å². The molecular weight excluding hydrogens is 429 g/mol. The summed E-state index contributed by atoms with van der Waals surface area (Å²) in [5.74, 6) is -0.662. The number of carbonyl (C=O) groups excluding carboxylic acids is 1. The van der Waals surface area contributed by atoms with Gasteiger partial charge >= 0.3 is 6.18 Å². The normalized spacial score (nSPS) is 13.1. The predicted octanol–water partition coefficient (Wildman–Crippen LogP) is 4.14. The molecule has 0 unspecified atom stereocenters. The van der Waals surface area contributed by atoms with Gasteiger partial charge in [0.25, 0.3) is 0 Å². The lowest BCUT2D eigenvalue weighted by Crippen LogP contribution is -2.47. The zero-order valence-electron chi connectivity index (χ0n) is 15.9. The van der Waals surface area contributed by atoms with Crippen molar-refractivity contribution in [2.24, 2.45) is 0 Å². The largest absolute Gasteiger partial charge is 0.416 e. The van der Waals surface area contributed by atoms with E-state index in [1.165, 1.54) is 31.2 Å². The van der Waals surface area contributed by atoms with Crippen molar-refractivity contribution >= 4 is 33.2 Å². The molecule has 1 amide bonds. The summed E-state index contributed by atoms with van der Waals surface area (Å²) in [6.07, 6.45) is -3.54. The summed E-state index contributed by atoms with van der Waals surface area (Å²) in [5, 5.41) is 2.82. The Morgan fingerprint density at radius 3 is 2.41 bits per heavy atom. The summed E-state index contributed by atoms with van der Waals surface area (Å²) < 4.78 is 63.9. The number of rotatable bonds is 6. The lowest BCUT2D eigenvalue weighted by Gasteiger charge is -2.28. The first-order valence-corrected chi connectivity index (χ1v) is 10.7. The minimum absolute atomic E-state index is 0.181. The summed E-state index contributed by atoms with van der Waals surface area (Å²) in [7, 11) is -3.84. The fraction of sp³-hybridized carbons (Fsp3) is 0.316. The molecule has 0 aliphatic rings. The Bertz CT molecular complexity index is 1010. The average Bonchev–Trinajstić information content (AvgIpc) is 2.61. The van der Waals surface area contributed by atoms with Crippen LogP contribution in [0.5, 0.6) is 0 Å². The molecule has 1 N–H and O–H groups in total. The number of halogens is 4. The number of amides is 1. The van der Waals surface area contributed by atoms with E-state index in [2.05, 4.69) is 5.32 Å². The molecule has 2 aromatic carbocycles. The summed E-state index contributed by atoms with van der Waals surface area (Å²) in [5.41, 5.74) is 0.365. The molecule has 5 nitrogen and oxygen atoms in total. The Hall–Kier alpha value is -2.26. The smallest absolute Gasteiger partial charge is 0.350 e. The molecule has 0 aliphatic heterocycles. The summed E-state index contributed by atoms with van der Waals surface area (Å²) in [6, 6.07) is 7.99. The van der Waals surface area contributed by atoms with E-state index >= 15 is 0 Å². The van der Waals surface area contributed by atoms with Crippen LogP contribution in [0.15, 0.2) is 42.5 Å². The van der Waals surface area contributed by atoms with Crippen LogP contribution in [0.1, 0.15) is 23.6 Å². The van der Waals surface area contributed by atoms with Crippen LogP contribution in [0, 0.1) is 6.92 Å². The fourth-order valence-electron chi connectivity index (χ4n) is 2.72. The van der Waals surface area contributed by atoms with Crippen molar-refractivity contribution in [3.05, 3.63) is 64.2 Å². The summed E-state index contributed by atoms with van der Waals surface area (Å²) >= 11 is 6.07. The van der Waals surface area contributed by atoms with Crippen LogP contribution in [-0.4, -0.2) is 26.6 Å². The molecule has 1 atom stereocenters. The number of alkyl halides is 3. The Kier molecular flexibility index (Phi) is 6.85. The van der Waals surface area contributed by atoms with Crippen LogP contribution in [0.4, 0.5) is 18.9 Å². The Balaban J connectivity index is 2.21. The molecule has 0 heterocycles. The second-order valence-corrected chi connectivity index (χ2v) is 8.85. The van der Waals surface area contributed by atoms with E-state index in [0.29, 0.717) is 5.02 Å². The van der Waals surface area contributed by atoms with Crippen LogP contribution < -0.4 is 9.62 Å². The number of hydrogen-bond donors (Lipinski definition) is 1. The predicted molar refractivity (Wildman–Crippen MR) is 106 cm³/mol. The molecule has 0 aromatic heterocycles. The maximum absolute atomic E-state index is 12.8. The fourth-order valence-corrected chi connectivity index (χ4v) is 4.06. The van der Waals surface area contributed by atoms with E-state index in [0.717, 1.165) is 28.3 Å². The number of aryl methyl sites for hydroxylation is 1. The molecule has 29 heavy (non-hydrogen) atoms. The van der Waals surface area contributed by atoms with Crippen LogP contribution in [0.2, 0.25) is 5.02 Å². The highest BCUT2D eigenvalue weighted by Crippen LogP contribution is 2.30. The quantitative estimate of drug-likeness (QED) is 0.722. The topological polar surface area (TPSA) is 66.5 Å². The van der Waals surface area contributed by atoms with Crippen molar-refractivity contribution in [2.75, 3.05) is 10.6 Å². The highest BCUT2D eigenvalue weighted by Gasteiger charge is 2.31. The van der Waals surface area contributed by atoms with Gasteiger partial charge in [-0.15, -0.1) is 0 Å². The molecule has 2 aromatic rings. The number of hydrogen-bond acceptors (Lipinski definition) is 3. The van der Waals surface area contributed by atoms with Gasteiger partial charge in [0, 0.05) is 11.6 Å². The molecule has 2 rings (SSSR count). The SMILES string of the molecule is Cc1ccc(N([C@H](C)C(=O)NCc2cccc(C(F)(F)F)c2)S(C)(=O)=O)cc1Cl. The summed E-state index contributed by atoms with van der Waals surface area (Å²) in [4.78, 5) is 12.5. The van der Waals surface area contributed by atoms with Gasteiger partial charge in [0.2, 0.25) is 15.9 Å². The van der Waals surface area contributed by atoms with E-state index in [4.69, 9.17) is 11.6 Å². The molecule has 158 valence electrons. The van der Waals surface area contributed by atoms with Crippen molar-refractivity contribution < 1.29 is 26.4 Å². The average molecular weight is 449 g/mol. The third-order valence-electron chi connectivity index (χ3n) is 4.22. The standard InChI is InChI=1S/C19H20ClF3N2O3S/c1-12-7-8-16(10-17(12)20)25(29(3,27)28)13(2)18(26)24-11-14-5-4-6-15(9-14)19(21,22)23/h4-10,13H,11H2,1-3H3,(H,24,26)/t13-/m1/s1. The minimum Gasteiger partial charge on any atom is -0.350 e. The number of carbonyl (C=O) groups is 1. The van der Waals surface area contributed by atoms with Gasteiger partial charge in [0.15, 0.2) is 0 Å². The third-order valence-corrected chi connectivity index (χ3v) is 5.87. The van der Waals surface area contributed by atoms with E-state index in [1.807, 2.05) is 0 Å². The molecule has 0 aliphatic carbocycles. The van der Waals surface area contributed by atoms with Crippen molar-refractivity contribution in [3.63, 3.8) is 0 Å². The van der Waals surface area contributed by atoms with Crippen LogP contribution >= 0.6 is 11.6 Å². The zero-order chi connectivity index (χ0) is 22.0. The van der Waals surface area contributed by atoms with Crippen LogP contribution in [0.25, 0.3) is 0 Å². The molecular formula is C19H20ClF3N2O3S. The number of benzene rings is 2. The Labute approximate surface area is 172 Å². The van der Waals surface area contributed by atoms with E-state index in [-0.39, 0.29) is 17.8 Å². The number of sulfonamides is 1. The van der Waals surface area contributed by atoms with Crippen molar-refractivity contribution in [1.29, 1.82) is 0 Å². The number of anilines is 1. The lowest BCUT2D eigenvalue weighted by atomic mass is 10.1. The monoisotopic (exact) mass is 448 g/mol. The molecule has 0 radical (unpaired) electrons. The highest BCUT2D eigenvalue weighted by atomic mass is 35.5. The van der Waals surface area contributed by atoms with Gasteiger partial charge in [0.1, 0.15) is 6.04 Å². The Morgan fingerprint density at radius 2 is 1.86 bits per heavy atom. The van der Waals surface area contributed by atoms with Gasteiger partial charge in [0.05, 0.1) is 17.5 Å². The molecule has 0 spiro atoms. The maximum Gasteiger partial charge on any atom is 0.416 e. The van der Waals surface area contributed by atoms with Gasteiger partial charge in [-0.05, 0) is 49.2 Å². The van der Waals surface area contributed by atoms with Gasteiger partial charge in [-0.3, -0.25) is 9.10 Å². The minimum atomic E-state index is -4.49. The molecule has 0 saturated carbocycles. The van der Waals surface area contributed by atoms with E-state index < -0.39 is 33.7 Å². The van der Waals surface area contributed by atoms with Crippen LogP contribution in [0.3, 0.4) is 0 Å². The lowest BCUT2D eigenvalue weighted by molar-refractivity contribution is -0.137. The molecule has 0 fully saturated rings. The zero-order valence-corrected chi connectivity index (χ0v) is 17.5. The first kappa shape index (κ1) is 23.0. The van der Waals surface area contributed by atoms with E-state index in [9.17, 15) is 26.4 Å². The number of nitrogens with zero attached hydrogens (tertiary/aromatic N) is 1. The Morgan fingerprint density at radius 1 is 1.21 bits per heavy atom. The van der Waals surface area contributed by atoms with Gasteiger partial charge in [-0.1, -0.05) is 29.8 Å². The van der Waals surface area contributed by atoms with Crippen molar-refractivity contribution in [2.45, 2.75) is 32.6 Å². The first-order valence-electron chi connectivity index (χ1n) is 8.50. The third kappa shape index (κ3) is 5.86. The van der Waals surface area contributed by atoms with Gasteiger partial charge in [-0.2, -0.15) is 13.2 Å². The second-order valence-electron chi connectivity index (χ2n) is 6.58. The maximum atomic E-state index is 12.8. The van der Waals surface area contributed by atoms with Crippen LogP contribution in [-0.2, 0) is 27.5 Å². The summed E-state index contributed by atoms with van der Waals surface area (Å²) in [6.45, 7) is 2.96. The molecule has 0 bridgehead atoms. The number of nitrogens with one attached hydrogen (secondary N) is 1. The second kappa shape index (κ2) is 8.62. The van der Waals surface area contributed by atoms with Crippen molar-refractivity contribution in [1.82, 2.24) is 5.32 Å². The molecule has 0 saturated heterocycles. The van der Waals surface area contributed by atoms with Gasteiger partial charge in [-0.25, -0.2) is 8.42 Å². The molecule has 10 heteroatoms. The highest BCUT2D eigenvalue weighted by molar-refractivity contribution is 7.92.